The van der Waals surface area contributed by atoms with Crippen LogP contribution in [-0.2, 0) is 12.8 Å². The number of oxazole rings is 1. The van der Waals surface area contributed by atoms with Gasteiger partial charge in [-0.05, 0) is 54.3 Å². The summed E-state index contributed by atoms with van der Waals surface area (Å²) in [5.74, 6) is 0.541. The minimum Gasteiger partial charge on any atom is -0.440 e. The van der Waals surface area contributed by atoms with Gasteiger partial charge < -0.3 is 14.7 Å². The highest BCUT2D eigenvalue weighted by molar-refractivity contribution is 5.97. The molecule has 2 N–H and O–H groups in total. The molecule has 0 spiro atoms. The van der Waals surface area contributed by atoms with Crippen molar-refractivity contribution in [2.24, 2.45) is 0 Å². The van der Waals surface area contributed by atoms with E-state index >= 15 is 0 Å². The highest BCUT2D eigenvalue weighted by Crippen LogP contribution is 2.22. The monoisotopic (exact) mass is 409 g/mol. The molecular weight excluding hydrogens is 386 g/mol. The summed E-state index contributed by atoms with van der Waals surface area (Å²) in [6, 6.07) is 21.7. The van der Waals surface area contributed by atoms with Gasteiger partial charge in [-0.1, -0.05) is 42.5 Å². The number of carbonyl (C=O) groups excluding carboxylic acids is 1. The molecule has 2 aromatic heterocycles. The molecule has 3 aromatic carbocycles. The molecule has 0 saturated heterocycles. The van der Waals surface area contributed by atoms with Crippen molar-refractivity contribution in [1.82, 2.24) is 15.3 Å². The van der Waals surface area contributed by atoms with Gasteiger partial charge in [-0.3, -0.25) is 4.79 Å². The summed E-state index contributed by atoms with van der Waals surface area (Å²) < 4.78 is 5.84. The smallest absolute Gasteiger partial charge is 0.251 e. The highest BCUT2D eigenvalue weighted by atomic mass is 16.3. The normalized spacial score (nSPS) is 11.3. The second-order valence-electron chi connectivity index (χ2n) is 7.77. The van der Waals surface area contributed by atoms with Crippen LogP contribution in [0.5, 0.6) is 0 Å². The molecule has 2 heterocycles. The number of carbonyl (C=O) groups is 1. The molecule has 1 amide bonds. The molecule has 0 aliphatic carbocycles. The van der Waals surface area contributed by atoms with E-state index in [4.69, 9.17) is 4.42 Å². The van der Waals surface area contributed by atoms with Crippen LogP contribution >= 0.6 is 0 Å². The Bertz CT molecular complexity index is 1370. The van der Waals surface area contributed by atoms with Gasteiger partial charge in [-0.2, -0.15) is 0 Å². The summed E-state index contributed by atoms with van der Waals surface area (Å²) in [5.41, 5.74) is 6.70. The highest BCUT2D eigenvalue weighted by Gasteiger charge is 2.12. The van der Waals surface area contributed by atoms with Crippen LogP contribution in [0.15, 0.2) is 77.3 Å². The Morgan fingerprint density at radius 3 is 2.81 bits per heavy atom. The number of aromatic nitrogens is 2. The van der Waals surface area contributed by atoms with Gasteiger partial charge in [-0.25, -0.2) is 4.98 Å². The first-order chi connectivity index (χ1) is 15.2. The maximum Gasteiger partial charge on any atom is 0.251 e. The zero-order valence-electron chi connectivity index (χ0n) is 17.3. The van der Waals surface area contributed by atoms with Crippen molar-refractivity contribution in [3.05, 3.63) is 101 Å². The molecule has 0 aliphatic rings. The number of H-pyrrole nitrogens is 1. The molecule has 0 bridgehead atoms. The molecule has 31 heavy (non-hydrogen) atoms. The summed E-state index contributed by atoms with van der Waals surface area (Å²) in [7, 11) is 0. The van der Waals surface area contributed by atoms with E-state index in [0.717, 1.165) is 17.5 Å². The van der Waals surface area contributed by atoms with E-state index in [0.29, 0.717) is 35.5 Å². The second kappa shape index (κ2) is 8.11. The van der Waals surface area contributed by atoms with Crippen LogP contribution in [0.25, 0.3) is 22.0 Å². The lowest BCUT2D eigenvalue weighted by molar-refractivity contribution is 0.0954. The molecule has 5 aromatic rings. The number of hydrogen-bond donors (Lipinski definition) is 2. The zero-order valence-corrected chi connectivity index (χ0v) is 17.3. The van der Waals surface area contributed by atoms with E-state index in [1.807, 2.05) is 48.7 Å². The van der Waals surface area contributed by atoms with Crippen LogP contribution in [0, 0.1) is 6.92 Å². The summed E-state index contributed by atoms with van der Waals surface area (Å²) in [6.07, 6.45) is 3.42. The van der Waals surface area contributed by atoms with Crippen molar-refractivity contribution < 1.29 is 9.21 Å². The number of fused-ring (bicyclic) bond motifs is 2. The van der Waals surface area contributed by atoms with Gasteiger partial charge in [0.15, 0.2) is 11.5 Å². The molecule has 5 rings (SSSR count). The van der Waals surface area contributed by atoms with Gasteiger partial charge in [0.05, 0.1) is 0 Å². The van der Waals surface area contributed by atoms with Gasteiger partial charge in [0.2, 0.25) is 0 Å². The number of nitrogens with zero attached hydrogens (tertiary/aromatic N) is 1. The third-order valence-corrected chi connectivity index (χ3v) is 5.57. The number of amides is 1. The standard InChI is InChI=1S/C26H23N3O2/c1-17-6-5-9-21-25(17)20(16-28-21)12-13-27-26(30)19-10-11-23-22(15-19)29-24(31-23)14-18-7-3-2-4-8-18/h2-11,15-16,28H,12-14H2,1H3,(H,27,30). The van der Waals surface area contributed by atoms with Crippen molar-refractivity contribution in [1.29, 1.82) is 0 Å². The Labute approximate surface area is 180 Å². The van der Waals surface area contributed by atoms with E-state index in [1.54, 1.807) is 12.1 Å². The number of nitrogens with one attached hydrogen (secondary N) is 2. The first-order valence-corrected chi connectivity index (χ1v) is 10.4. The Hall–Kier alpha value is -3.86. The van der Waals surface area contributed by atoms with Gasteiger partial charge in [0.1, 0.15) is 5.52 Å². The maximum atomic E-state index is 12.7. The molecule has 5 heteroatoms. The Morgan fingerprint density at radius 1 is 1.06 bits per heavy atom. The third-order valence-electron chi connectivity index (χ3n) is 5.57. The van der Waals surface area contributed by atoms with Crippen molar-refractivity contribution >= 4 is 27.9 Å². The van der Waals surface area contributed by atoms with Gasteiger partial charge in [0, 0.05) is 35.6 Å². The average Bonchev–Trinajstić information content (AvgIpc) is 3.38. The lowest BCUT2D eigenvalue weighted by atomic mass is 10.1. The van der Waals surface area contributed by atoms with Crippen LogP contribution in [0.3, 0.4) is 0 Å². The lowest BCUT2D eigenvalue weighted by Crippen LogP contribution is -2.25. The fourth-order valence-corrected chi connectivity index (χ4v) is 4.02. The predicted octanol–water partition coefficient (Wildman–Crippen LogP) is 5.18. The molecule has 0 radical (unpaired) electrons. The molecule has 0 fully saturated rings. The molecule has 5 nitrogen and oxygen atoms in total. The van der Waals surface area contributed by atoms with Crippen molar-refractivity contribution in [2.75, 3.05) is 6.54 Å². The quantitative estimate of drug-likeness (QED) is 0.406. The fourth-order valence-electron chi connectivity index (χ4n) is 4.02. The van der Waals surface area contributed by atoms with Crippen molar-refractivity contribution in [2.45, 2.75) is 19.8 Å². The number of rotatable bonds is 6. The number of benzene rings is 3. The Kier molecular flexibility index (Phi) is 5.00. The molecule has 0 saturated carbocycles. The summed E-state index contributed by atoms with van der Waals surface area (Å²) in [4.78, 5) is 20.5. The third kappa shape index (κ3) is 3.94. The first-order valence-electron chi connectivity index (χ1n) is 10.4. The Morgan fingerprint density at radius 2 is 1.94 bits per heavy atom. The number of hydrogen-bond acceptors (Lipinski definition) is 3. The second-order valence-corrected chi connectivity index (χ2v) is 7.77. The number of aryl methyl sites for hydroxylation is 1. The van der Waals surface area contributed by atoms with Crippen molar-refractivity contribution in [3.8, 4) is 0 Å². The SMILES string of the molecule is Cc1cccc2[nH]cc(CCNC(=O)c3ccc4oc(Cc5ccccc5)nc4c3)c12. The van der Waals surface area contributed by atoms with Gasteiger partial charge in [0.25, 0.3) is 5.91 Å². The van der Waals surface area contributed by atoms with Gasteiger partial charge >= 0.3 is 0 Å². The zero-order chi connectivity index (χ0) is 21.2. The largest absolute Gasteiger partial charge is 0.440 e. The Balaban J connectivity index is 1.26. The fraction of sp³-hybridized carbons (Fsp3) is 0.154. The van der Waals surface area contributed by atoms with E-state index in [2.05, 4.69) is 34.3 Å². The number of aromatic amines is 1. The maximum absolute atomic E-state index is 12.7. The minimum absolute atomic E-state index is 0.105. The summed E-state index contributed by atoms with van der Waals surface area (Å²) >= 11 is 0. The van der Waals surface area contributed by atoms with Crippen LogP contribution in [0.4, 0.5) is 0 Å². The summed E-state index contributed by atoms with van der Waals surface area (Å²) in [5, 5.41) is 4.26. The predicted molar refractivity (Wildman–Crippen MR) is 122 cm³/mol. The van der Waals surface area contributed by atoms with Crippen molar-refractivity contribution in [3.63, 3.8) is 0 Å². The minimum atomic E-state index is -0.105. The van der Waals surface area contributed by atoms with Crippen LogP contribution in [0.1, 0.15) is 32.9 Å². The average molecular weight is 409 g/mol. The van der Waals surface area contributed by atoms with E-state index in [1.165, 1.54) is 16.5 Å². The van der Waals surface area contributed by atoms with Crippen LogP contribution < -0.4 is 5.32 Å². The first kappa shape index (κ1) is 19.1. The lowest BCUT2D eigenvalue weighted by Gasteiger charge is -2.06. The molecule has 0 unspecified atom stereocenters. The van der Waals surface area contributed by atoms with Gasteiger partial charge in [-0.15, -0.1) is 0 Å². The summed E-state index contributed by atoms with van der Waals surface area (Å²) in [6.45, 7) is 2.67. The van der Waals surface area contributed by atoms with E-state index in [-0.39, 0.29) is 5.91 Å². The topological polar surface area (TPSA) is 70.9 Å². The molecule has 0 aliphatic heterocycles. The van der Waals surface area contributed by atoms with Crippen LogP contribution in [-0.4, -0.2) is 22.4 Å². The molecular formula is C26H23N3O2. The van der Waals surface area contributed by atoms with Crippen LogP contribution in [0.2, 0.25) is 0 Å². The van der Waals surface area contributed by atoms with E-state index < -0.39 is 0 Å². The molecule has 154 valence electrons. The molecule has 0 atom stereocenters. The van der Waals surface area contributed by atoms with E-state index in [9.17, 15) is 4.79 Å².